The number of nitrogens with one attached hydrogen (secondary N) is 1. The molecule has 5 rings (SSSR count). The van der Waals surface area contributed by atoms with Crippen molar-refractivity contribution in [2.45, 2.75) is 44.2 Å². The molecule has 1 saturated carbocycles. The number of fused-ring (bicyclic) bond motifs is 1. The van der Waals surface area contributed by atoms with E-state index in [2.05, 4.69) is 15.4 Å². The molecule has 8 nitrogen and oxygen atoms in total. The van der Waals surface area contributed by atoms with Gasteiger partial charge in [-0.25, -0.2) is 9.67 Å². The number of ether oxygens (including phenoxy) is 1. The summed E-state index contributed by atoms with van der Waals surface area (Å²) in [5, 5.41) is 7.14. The van der Waals surface area contributed by atoms with E-state index in [1.807, 2.05) is 41.3 Å². The normalized spacial score (nSPS) is 22.0. The minimum atomic E-state index is -0.509. The molecule has 1 saturated heterocycles. The average molecular weight is 446 g/mol. The molecule has 33 heavy (non-hydrogen) atoms. The van der Waals surface area contributed by atoms with Gasteiger partial charge >= 0.3 is 0 Å². The Bertz CT molecular complexity index is 1130. The van der Waals surface area contributed by atoms with Gasteiger partial charge in [0.2, 0.25) is 5.91 Å². The van der Waals surface area contributed by atoms with Crippen LogP contribution in [0.25, 0.3) is 5.69 Å². The summed E-state index contributed by atoms with van der Waals surface area (Å²) in [6.07, 6.45) is 8.00. The van der Waals surface area contributed by atoms with Gasteiger partial charge in [-0.3, -0.25) is 9.59 Å². The fourth-order valence-electron chi connectivity index (χ4n) is 5.21. The van der Waals surface area contributed by atoms with Crippen LogP contribution in [0, 0.1) is 5.92 Å². The molecule has 1 N–H and O–H groups in total. The number of carbonyl (C=O) groups excluding carboxylic acids is 2. The first-order chi connectivity index (χ1) is 16.2. The number of rotatable bonds is 5. The van der Waals surface area contributed by atoms with Crippen molar-refractivity contribution in [1.29, 1.82) is 0 Å². The number of amides is 2. The summed E-state index contributed by atoms with van der Waals surface area (Å²) < 4.78 is 7.09. The Morgan fingerprint density at radius 1 is 1.06 bits per heavy atom. The number of para-hydroxylation sites is 1. The monoisotopic (exact) mass is 445 g/mol. The Morgan fingerprint density at radius 2 is 1.85 bits per heavy atom. The van der Waals surface area contributed by atoms with Gasteiger partial charge in [0, 0.05) is 11.7 Å². The molecule has 1 aromatic heterocycles. The summed E-state index contributed by atoms with van der Waals surface area (Å²) in [5.74, 6) is 0.595. The number of anilines is 1. The van der Waals surface area contributed by atoms with Gasteiger partial charge in [-0.2, -0.15) is 5.10 Å². The Balaban J connectivity index is 1.39. The van der Waals surface area contributed by atoms with Crippen molar-refractivity contribution in [1.82, 2.24) is 19.7 Å². The molecular weight excluding hydrogens is 418 g/mol. The van der Waals surface area contributed by atoms with E-state index in [9.17, 15) is 9.59 Å². The van der Waals surface area contributed by atoms with E-state index in [0.717, 1.165) is 31.4 Å². The van der Waals surface area contributed by atoms with Gasteiger partial charge in [0.1, 0.15) is 24.4 Å². The molecule has 2 aromatic carbocycles. The zero-order valence-electron chi connectivity index (χ0n) is 18.6. The number of hydrogen-bond donors (Lipinski definition) is 1. The smallest absolute Gasteiger partial charge is 0.258 e. The second-order valence-electron chi connectivity index (χ2n) is 8.65. The molecule has 3 atom stereocenters. The van der Waals surface area contributed by atoms with Crippen molar-refractivity contribution in [2.24, 2.45) is 5.92 Å². The molecule has 0 unspecified atom stereocenters. The lowest BCUT2D eigenvalue weighted by Gasteiger charge is -2.34. The average Bonchev–Trinajstić information content (AvgIpc) is 3.52. The van der Waals surface area contributed by atoms with Gasteiger partial charge in [0.25, 0.3) is 5.91 Å². The Morgan fingerprint density at radius 3 is 2.61 bits per heavy atom. The molecule has 0 bridgehead atoms. The first-order valence-electron chi connectivity index (χ1n) is 11.4. The topological polar surface area (TPSA) is 89.4 Å². The number of methoxy groups -OCH3 is 1. The standard InChI is InChI=1S/C25H27N5O3/c1-33-23-9-5-3-7-20(23)25(32)30-21-8-4-2-6-17(21)14-22(30)24(31)28-18-10-12-19(13-11-18)29-16-26-15-27-29/h3,5,7,9-13,15-17,21-22H,2,4,6,8,14H2,1H3,(H,28,31)/t17-,21-,22+/m1/s1. The number of carbonyl (C=O) groups is 2. The van der Waals surface area contributed by atoms with Crippen molar-refractivity contribution in [3.8, 4) is 11.4 Å². The molecule has 8 heteroatoms. The van der Waals surface area contributed by atoms with Crippen molar-refractivity contribution in [3.63, 3.8) is 0 Å². The maximum Gasteiger partial charge on any atom is 0.258 e. The van der Waals surface area contributed by atoms with Crippen LogP contribution in [0.15, 0.2) is 61.2 Å². The highest BCUT2D eigenvalue weighted by atomic mass is 16.5. The SMILES string of the molecule is COc1ccccc1C(=O)N1[C@@H]2CCCC[C@@H]2C[C@H]1C(=O)Nc1ccc(-n2cncn2)cc1. The maximum absolute atomic E-state index is 13.7. The Hall–Kier alpha value is -3.68. The molecular formula is C25H27N5O3. The van der Waals surface area contributed by atoms with E-state index in [-0.39, 0.29) is 17.9 Å². The van der Waals surface area contributed by atoms with Crippen LogP contribution in [0.3, 0.4) is 0 Å². The van der Waals surface area contributed by atoms with Gasteiger partial charge in [-0.1, -0.05) is 25.0 Å². The summed E-state index contributed by atoms with van der Waals surface area (Å²) >= 11 is 0. The summed E-state index contributed by atoms with van der Waals surface area (Å²) in [6, 6.07) is 14.2. The predicted octanol–water partition coefficient (Wildman–Crippen LogP) is 3.69. The molecule has 0 radical (unpaired) electrons. The van der Waals surface area contributed by atoms with Crippen LogP contribution in [0.2, 0.25) is 0 Å². The molecule has 0 spiro atoms. The minimum Gasteiger partial charge on any atom is -0.496 e. The van der Waals surface area contributed by atoms with Gasteiger partial charge in [-0.15, -0.1) is 0 Å². The van der Waals surface area contributed by atoms with Crippen LogP contribution in [0.4, 0.5) is 5.69 Å². The summed E-state index contributed by atoms with van der Waals surface area (Å²) in [7, 11) is 1.56. The number of hydrogen-bond acceptors (Lipinski definition) is 5. The minimum absolute atomic E-state index is 0.0848. The summed E-state index contributed by atoms with van der Waals surface area (Å²) in [4.78, 5) is 32.9. The molecule has 2 amide bonds. The van der Waals surface area contributed by atoms with E-state index in [0.29, 0.717) is 29.3 Å². The molecule has 2 heterocycles. The second kappa shape index (κ2) is 9.05. The Labute approximate surface area is 192 Å². The highest BCUT2D eigenvalue weighted by molar-refractivity contribution is 6.03. The van der Waals surface area contributed by atoms with Gasteiger partial charge in [0.15, 0.2) is 0 Å². The number of benzene rings is 2. The Kier molecular flexibility index (Phi) is 5.81. The van der Waals surface area contributed by atoms with E-state index >= 15 is 0 Å². The number of likely N-dealkylation sites (tertiary alicyclic amines) is 1. The lowest BCUT2D eigenvalue weighted by molar-refractivity contribution is -0.120. The third-order valence-electron chi connectivity index (χ3n) is 6.78. The van der Waals surface area contributed by atoms with E-state index in [4.69, 9.17) is 4.74 Å². The molecule has 1 aliphatic carbocycles. The third-order valence-corrected chi connectivity index (χ3v) is 6.78. The van der Waals surface area contributed by atoms with Gasteiger partial charge in [0.05, 0.1) is 18.4 Å². The van der Waals surface area contributed by atoms with Gasteiger partial charge < -0.3 is 15.0 Å². The van der Waals surface area contributed by atoms with Crippen LogP contribution >= 0.6 is 0 Å². The molecule has 2 fully saturated rings. The van der Waals surface area contributed by atoms with Gasteiger partial charge in [-0.05, 0) is 61.6 Å². The fourth-order valence-corrected chi connectivity index (χ4v) is 5.21. The van der Waals surface area contributed by atoms with E-state index in [1.54, 1.807) is 30.3 Å². The molecule has 170 valence electrons. The molecule has 2 aliphatic rings. The van der Waals surface area contributed by atoms with Crippen molar-refractivity contribution in [2.75, 3.05) is 12.4 Å². The van der Waals surface area contributed by atoms with E-state index < -0.39 is 6.04 Å². The largest absolute Gasteiger partial charge is 0.496 e. The van der Waals surface area contributed by atoms with Crippen LogP contribution in [-0.4, -0.2) is 50.7 Å². The van der Waals surface area contributed by atoms with Crippen LogP contribution in [0.1, 0.15) is 42.5 Å². The van der Waals surface area contributed by atoms with Crippen molar-refractivity contribution in [3.05, 3.63) is 66.7 Å². The van der Waals surface area contributed by atoms with Crippen molar-refractivity contribution < 1.29 is 14.3 Å². The first kappa shape index (κ1) is 21.2. The van der Waals surface area contributed by atoms with Crippen LogP contribution in [0.5, 0.6) is 5.75 Å². The first-order valence-corrected chi connectivity index (χ1v) is 11.4. The maximum atomic E-state index is 13.7. The third kappa shape index (κ3) is 4.08. The highest BCUT2D eigenvalue weighted by Crippen LogP contribution is 2.41. The predicted molar refractivity (Wildman–Crippen MR) is 123 cm³/mol. The van der Waals surface area contributed by atoms with E-state index in [1.165, 1.54) is 6.33 Å². The second-order valence-corrected chi connectivity index (χ2v) is 8.65. The number of aromatic nitrogens is 3. The van der Waals surface area contributed by atoms with Crippen LogP contribution in [-0.2, 0) is 4.79 Å². The fraction of sp³-hybridized carbons (Fsp3) is 0.360. The van der Waals surface area contributed by atoms with Crippen molar-refractivity contribution >= 4 is 17.5 Å². The lowest BCUT2D eigenvalue weighted by atomic mass is 9.84. The zero-order valence-corrected chi connectivity index (χ0v) is 18.6. The summed E-state index contributed by atoms with van der Waals surface area (Å²) in [6.45, 7) is 0. The lowest BCUT2D eigenvalue weighted by Crippen LogP contribution is -2.47. The summed E-state index contributed by atoms with van der Waals surface area (Å²) in [5.41, 5.74) is 2.04. The molecule has 1 aliphatic heterocycles. The number of nitrogens with zero attached hydrogens (tertiary/aromatic N) is 4. The quantitative estimate of drug-likeness (QED) is 0.647. The van der Waals surface area contributed by atoms with Crippen LogP contribution < -0.4 is 10.1 Å². The molecule has 3 aromatic rings. The highest BCUT2D eigenvalue weighted by Gasteiger charge is 2.48. The zero-order chi connectivity index (χ0) is 22.8.